The highest BCUT2D eigenvalue weighted by Gasteiger charge is 2.27. The van der Waals surface area contributed by atoms with Crippen LogP contribution in [0.4, 0.5) is 8.78 Å². The molecule has 1 aromatic carbocycles. The molecule has 0 bridgehead atoms. The van der Waals surface area contributed by atoms with Gasteiger partial charge in [0.2, 0.25) is 0 Å². The molecule has 0 aliphatic carbocycles. The summed E-state index contributed by atoms with van der Waals surface area (Å²) in [7, 11) is 0. The number of Topliss-reactive ketones (excluding diaryl/α,β-unsaturated/α-hetero) is 1. The lowest BCUT2D eigenvalue weighted by atomic mass is 9.94. The van der Waals surface area contributed by atoms with Crippen LogP contribution in [0.25, 0.3) is 0 Å². The van der Waals surface area contributed by atoms with Crippen molar-refractivity contribution in [1.29, 1.82) is 0 Å². The summed E-state index contributed by atoms with van der Waals surface area (Å²) in [6, 6.07) is 3.46. The van der Waals surface area contributed by atoms with Gasteiger partial charge in [-0.15, -0.1) is 11.6 Å². The maximum atomic E-state index is 13.0. The number of aliphatic carboxylic acids is 1. The van der Waals surface area contributed by atoms with Crippen LogP contribution in [0, 0.1) is 0 Å². The first-order valence-corrected chi connectivity index (χ1v) is 5.84. The Balaban J connectivity index is 3.37. The summed E-state index contributed by atoms with van der Waals surface area (Å²) < 4.78 is 26.0. The maximum Gasteiger partial charge on any atom is 0.337 e. The van der Waals surface area contributed by atoms with Crippen molar-refractivity contribution in [1.82, 2.24) is 0 Å². The number of hydrogen-bond acceptors (Lipinski definition) is 3. The SMILES string of the molecule is O=C(CCCl)c1cccc(C(O)C(=O)O)c1C(F)F. The molecular weight excluding hydrogens is 282 g/mol. The fourth-order valence-corrected chi connectivity index (χ4v) is 1.83. The molecule has 0 saturated carbocycles. The summed E-state index contributed by atoms with van der Waals surface area (Å²) in [4.78, 5) is 22.3. The maximum absolute atomic E-state index is 13.0. The van der Waals surface area contributed by atoms with Gasteiger partial charge in [0, 0.05) is 29.0 Å². The van der Waals surface area contributed by atoms with Crippen LogP contribution < -0.4 is 0 Å². The number of alkyl halides is 3. The smallest absolute Gasteiger partial charge is 0.337 e. The number of carbonyl (C=O) groups is 2. The third kappa shape index (κ3) is 3.48. The second-order valence-electron chi connectivity index (χ2n) is 3.71. The van der Waals surface area contributed by atoms with Crippen LogP contribution in [0.2, 0.25) is 0 Å². The number of halogens is 3. The molecule has 0 aliphatic heterocycles. The Hall–Kier alpha value is -1.53. The Morgan fingerprint density at radius 3 is 2.42 bits per heavy atom. The number of benzene rings is 1. The Kier molecular flexibility index (Phi) is 5.38. The minimum Gasteiger partial charge on any atom is -0.479 e. The van der Waals surface area contributed by atoms with Crippen molar-refractivity contribution >= 4 is 23.4 Å². The molecule has 4 nitrogen and oxygen atoms in total. The number of rotatable bonds is 6. The largest absolute Gasteiger partial charge is 0.479 e. The van der Waals surface area contributed by atoms with Crippen molar-refractivity contribution in [2.75, 3.05) is 5.88 Å². The molecule has 1 rings (SSSR count). The van der Waals surface area contributed by atoms with E-state index in [-0.39, 0.29) is 17.9 Å². The lowest BCUT2D eigenvalue weighted by Gasteiger charge is -2.15. The standard InChI is InChI=1S/C12H11ClF2O4/c13-5-4-8(16)6-2-1-3-7(9(6)11(14)15)10(17)12(18)19/h1-3,10-11,17H,4-5H2,(H,18,19). The van der Waals surface area contributed by atoms with Gasteiger partial charge in [0.05, 0.1) is 0 Å². The summed E-state index contributed by atoms with van der Waals surface area (Å²) in [5.74, 6) is -2.32. The van der Waals surface area contributed by atoms with Gasteiger partial charge in [0.25, 0.3) is 6.43 Å². The molecule has 0 amide bonds. The molecule has 1 aromatic rings. The van der Waals surface area contributed by atoms with E-state index < -0.39 is 35.4 Å². The average molecular weight is 293 g/mol. The van der Waals surface area contributed by atoms with Crippen molar-refractivity contribution in [3.05, 3.63) is 34.9 Å². The van der Waals surface area contributed by atoms with Crippen molar-refractivity contribution in [3.63, 3.8) is 0 Å². The normalized spacial score (nSPS) is 12.5. The van der Waals surface area contributed by atoms with Crippen LogP contribution in [-0.2, 0) is 4.79 Å². The van der Waals surface area contributed by atoms with Crippen molar-refractivity contribution in [2.24, 2.45) is 0 Å². The number of hydrogen-bond donors (Lipinski definition) is 2. The van der Waals surface area contributed by atoms with E-state index in [0.717, 1.165) is 12.1 Å². The number of aliphatic hydroxyl groups is 1. The highest BCUT2D eigenvalue weighted by Crippen LogP contribution is 2.31. The number of carbonyl (C=O) groups excluding carboxylic acids is 1. The summed E-state index contributed by atoms with van der Waals surface area (Å²) in [6.07, 6.45) is -5.32. The van der Waals surface area contributed by atoms with E-state index in [2.05, 4.69) is 0 Å². The Morgan fingerprint density at radius 2 is 1.95 bits per heavy atom. The molecule has 1 unspecified atom stereocenters. The van der Waals surface area contributed by atoms with Crippen molar-refractivity contribution in [3.8, 4) is 0 Å². The fourth-order valence-electron chi connectivity index (χ4n) is 1.66. The molecule has 1 atom stereocenters. The third-order valence-corrected chi connectivity index (χ3v) is 2.70. The molecular formula is C12H11ClF2O4. The minimum atomic E-state index is -3.07. The van der Waals surface area contributed by atoms with E-state index >= 15 is 0 Å². The van der Waals surface area contributed by atoms with Gasteiger partial charge >= 0.3 is 5.97 Å². The van der Waals surface area contributed by atoms with Gasteiger partial charge in [-0.2, -0.15) is 0 Å². The second-order valence-corrected chi connectivity index (χ2v) is 4.09. The predicted octanol–water partition coefficient (Wildman–Crippen LogP) is 2.55. The fraction of sp³-hybridized carbons (Fsp3) is 0.333. The summed E-state index contributed by atoms with van der Waals surface area (Å²) in [5.41, 5.74) is -1.55. The molecule has 0 saturated heterocycles. The van der Waals surface area contributed by atoms with Gasteiger partial charge in [-0.05, 0) is 0 Å². The Morgan fingerprint density at radius 1 is 1.32 bits per heavy atom. The first kappa shape index (κ1) is 15.5. The number of aliphatic hydroxyl groups excluding tert-OH is 1. The first-order valence-electron chi connectivity index (χ1n) is 5.31. The molecule has 2 N–H and O–H groups in total. The van der Waals surface area contributed by atoms with E-state index in [1.807, 2.05) is 0 Å². The van der Waals surface area contributed by atoms with Gasteiger partial charge in [-0.3, -0.25) is 4.79 Å². The monoisotopic (exact) mass is 292 g/mol. The zero-order chi connectivity index (χ0) is 14.6. The van der Waals surface area contributed by atoms with Gasteiger partial charge in [0.15, 0.2) is 11.9 Å². The summed E-state index contributed by atoms with van der Waals surface area (Å²) >= 11 is 5.38. The molecule has 0 radical (unpaired) electrons. The van der Waals surface area contributed by atoms with E-state index in [4.69, 9.17) is 16.7 Å². The Bertz CT molecular complexity index is 491. The van der Waals surface area contributed by atoms with Crippen LogP contribution >= 0.6 is 11.6 Å². The molecule has 0 spiro atoms. The summed E-state index contributed by atoms with van der Waals surface area (Å²) in [5, 5.41) is 18.1. The lowest BCUT2D eigenvalue weighted by molar-refractivity contribution is -0.147. The van der Waals surface area contributed by atoms with E-state index in [0.29, 0.717) is 0 Å². The molecule has 104 valence electrons. The van der Waals surface area contributed by atoms with Crippen LogP contribution in [0.1, 0.15) is 40.4 Å². The van der Waals surface area contributed by atoms with Gasteiger partial charge < -0.3 is 10.2 Å². The quantitative estimate of drug-likeness (QED) is 0.624. The van der Waals surface area contributed by atoms with Crippen LogP contribution in [0.5, 0.6) is 0 Å². The zero-order valence-electron chi connectivity index (χ0n) is 9.65. The number of ketones is 1. The number of carboxylic acids is 1. The van der Waals surface area contributed by atoms with Crippen LogP contribution in [0.3, 0.4) is 0 Å². The predicted molar refractivity (Wildman–Crippen MR) is 63.7 cm³/mol. The summed E-state index contributed by atoms with van der Waals surface area (Å²) in [6.45, 7) is 0. The topological polar surface area (TPSA) is 74.6 Å². The highest BCUT2D eigenvalue weighted by atomic mass is 35.5. The van der Waals surface area contributed by atoms with Gasteiger partial charge in [-0.25, -0.2) is 13.6 Å². The molecule has 0 aliphatic rings. The van der Waals surface area contributed by atoms with Crippen LogP contribution in [0.15, 0.2) is 18.2 Å². The van der Waals surface area contributed by atoms with E-state index in [1.165, 1.54) is 6.07 Å². The van der Waals surface area contributed by atoms with Crippen LogP contribution in [-0.4, -0.2) is 27.8 Å². The molecule has 0 aromatic heterocycles. The molecule has 0 fully saturated rings. The van der Waals surface area contributed by atoms with Gasteiger partial charge in [-0.1, -0.05) is 18.2 Å². The minimum absolute atomic E-state index is 0.0345. The second kappa shape index (κ2) is 6.58. The van der Waals surface area contributed by atoms with Gasteiger partial charge in [0.1, 0.15) is 0 Å². The molecule has 0 heterocycles. The lowest BCUT2D eigenvalue weighted by Crippen LogP contribution is -2.16. The molecule has 7 heteroatoms. The van der Waals surface area contributed by atoms with Crippen molar-refractivity contribution in [2.45, 2.75) is 19.0 Å². The van der Waals surface area contributed by atoms with Crippen molar-refractivity contribution < 1.29 is 28.6 Å². The Labute approximate surface area is 112 Å². The van der Waals surface area contributed by atoms with E-state index in [1.54, 1.807) is 0 Å². The highest BCUT2D eigenvalue weighted by molar-refractivity contribution is 6.19. The molecule has 19 heavy (non-hydrogen) atoms. The average Bonchev–Trinajstić information content (AvgIpc) is 2.36. The first-order chi connectivity index (χ1) is 8.90. The third-order valence-electron chi connectivity index (χ3n) is 2.51. The van der Waals surface area contributed by atoms with E-state index in [9.17, 15) is 23.5 Å². The zero-order valence-corrected chi connectivity index (χ0v) is 10.4. The number of carboxylic acid groups (broad SMARTS) is 1.